The third-order valence-electron chi connectivity index (χ3n) is 12.1. The molecule has 0 aromatic carbocycles. The molecular weight excluding hydrogens is 765 g/mol. The molecule has 0 aromatic heterocycles. The third-order valence-corrected chi connectivity index (χ3v) is 12.1. The minimum Gasteiger partial charge on any atom is -0.462 e. The molecule has 0 saturated carbocycles. The summed E-state index contributed by atoms with van der Waals surface area (Å²) in [5, 5.41) is 9.63. The molecular formula is C57H104O5. The molecule has 0 heterocycles. The normalized spacial score (nSPS) is 12.5. The van der Waals surface area contributed by atoms with E-state index in [9.17, 15) is 14.7 Å². The van der Waals surface area contributed by atoms with E-state index in [-0.39, 0.29) is 25.2 Å². The van der Waals surface area contributed by atoms with Gasteiger partial charge in [-0.25, -0.2) is 0 Å². The molecule has 0 aliphatic carbocycles. The molecule has 0 bridgehead atoms. The lowest BCUT2D eigenvalue weighted by molar-refractivity contribution is -0.161. The van der Waals surface area contributed by atoms with Gasteiger partial charge in [0.05, 0.1) is 6.61 Å². The molecule has 1 N–H and O–H groups in total. The van der Waals surface area contributed by atoms with Crippen molar-refractivity contribution in [2.75, 3.05) is 13.2 Å². The van der Waals surface area contributed by atoms with Crippen LogP contribution in [0.2, 0.25) is 0 Å². The van der Waals surface area contributed by atoms with Gasteiger partial charge in [-0.1, -0.05) is 242 Å². The number of rotatable bonds is 50. The fourth-order valence-electron chi connectivity index (χ4n) is 7.97. The van der Waals surface area contributed by atoms with Gasteiger partial charge in [-0.3, -0.25) is 9.59 Å². The summed E-state index contributed by atoms with van der Waals surface area (Å²) in [7, 11) is 0. The molecule has 0 amide bonds. The van der Waals surface area contributed by atoms with Crippen molar-refractivity contribution < 1.29 is 24.2 Å². The molecule has 0 rings (SSSR count). The zero-order valence-corrected chi connectivity index (χ0v) is 41.4. The fraction of sp³-hybridized carbons (Fsp3) is 0.825. The average molecular weight is 869 g/mol. The molecule has 1 unspecified atom stereocenters. The van der Waals surface area contributed by atoms with Gasteiger partial charge in [0.25, 0.3) is 0 Å². The summed E-state index contributed by atoms with van der Waals surface area (Å²) in [5.41, 5.74) is 0. The first-order valence-electron chi connectivity index (χ1n) is 27.2. The number of carbonyl (C=O) groups is 2. The van der Waals surface area contributed by atoms with E-state index >= 15 is 0 Å². The predicted molar refractivity (Wildman–Crippen MR) is 270 cm³/mol. The average Bonchev–Trinajstić information content (AvgIpc) is 3.28. The maximum atomic E-state index is 12.3. The predicted octanol–water partition coefficient (Wildman–Crippen LogP) is 18.1. The number of carbonyl (C=O) groups excluding carboxylic acids is 2. The highest BCUT2D eigenvalue weighted by Gasteiger charge is 2.16. The lowest BCUT2D eigenvalue weighted by Gasteiger charge is -2.15. The number of aliphatic hydroxyl groups excluding tert-OH is 1. The lowest BCUT2D eigenvalue weighted by atomic mass is 10.0. The van der Waals surface area contributed by atoms with Crippen molar-refractivity contribution in [3.63, 3.8) is 0 Å². The number of unbranched alkanes of at least 4 members (excludes halogenated alkanes) is 34. The van der Waals surface area contributed by atoms with E-state index in [0.717, 1.165) is 51.4 Å². The molecule has 0 radical (unpaired) electrons. The van der Waals surface area contributed by atoms with E-state index in [2.05, 4.69) is 62.5 Å². The topological polar surface area (TPSA) is 72.8 Å². The van der Waals surface area contributed by atoms with Crippen molar-refractivity contribution in [2.45, 2.75) is 290 Å². The first-order chi connectivity index (χ1) is 30.6. The quantitative estimate of drug-likeness (QED) is 0.0375. The van der Waals surface area contributed by atoms with Crippen molar-refractivity contribution in [1.29, 1.82) is 0 Å². The highest BCUT2D eigenvalue weighted by molar-refractivity contribution is 5.70. The molecule has 0 aromatic rings. The summed E-state index contributed by atoms with van der Waals surface area (Å²) in [6.45, 7) is 4.15. The molecule has 62 heavy (non-hydrogen) atoms. The Labute approximate surface area is 386 Å². The van der Waals surface area contributed by atoms with Gasteiger partial charge in [-0.05, 0) is 77.0 Å². The summed E-state index contributed by atoms with van der Waals surface area (Å²) in [4.78, 5) is 24.5. The van der Waals surface area contributed by atoms with Crippen molar-refractivity contribution in [1.82, 2.24) is 0 Å². The van der Waals surface area contributed by atoms with Crippen molar-refractivity contribution in [3.05, 3.63) is 48.6 Å². The molecule has 0 fully saturated rings. The molecule has 0 aliphatic rings. The van der Waals surface area contributed by atoms with Crippen LogP contribution in [0.25, 0.3) is 0 Å². The Hall–Kier alpha value is -2.14. The number of hydrogen-bond acceptors (Lipinski definition) is 5. The summed E-state index contributed by atoms with van der Waals surface area (Å²) in [6, 6.07) is 0. The first-order valence-corrected chi connectivity index (χ1v) is 27.2. The standard InChI is InChI=1S/C57H104O5/c1-3-5-7-9-11-13-15-17-19-21-22-23-24-25-26-27-28-29-30-31-32-33-34-36-38-40-42-44-46-48-50-52-57(60)62-55(53-58)54-61-56(59)51-49-47-45-43-41-39-37-35-20-18-16-14-12-10-8-6-4-2/h15,17-18,20-22,24-25,55,58H,3-14,16,19,23,26-54H2,1-2H3/b17-15-,20-18-,22-21-,25-24-. The maximum Gasteiger partial charge on any atom is 0.306 e. The van der Waals surface area contributed by atoms with E-state index in [1.807, 2.05) is 0 Å². The number of allylic oxidation sites excluding steroid dienone is 8. The van der Waals surface area contributed by atoms with Crippen LogP contribution in [-0.4, -0.2) is 36.4 Å². The molecule has 5 nitrogen and oxygen atoms in total. The second-order valence-corrected chi connectivity index (χ2v) is 18.3. The van der Waals surface area contributed by atoms with E-state index in [4.69, 9.17) is 9.47 Å². The van der Waals surface area contributed by atoms with E-state index in [0.29, 0.717) is 12.8 Å². The highest BCUT2D eigenvalue weighted by atomic mass is 16.6. The zero-order chi connectivity index (χ0) is 44.9. The number of esters is 2. The number of hydrogen-bond donors (Lipinski definition) is 1. The SMILES string of the molecule is CCCCCCC/C=C\C/C=C\C/C=C\CCCCCCCCCCCCCCCCCCC(=O)OC(CO)COC(=O)CCCCCCCCC/C=C\CCCCCCCC. The monoisotopic (exact) mass is 869 g/mol. The Morgan fingerprint density at radius 2 is 0.645 bits per heavy atom. The lowest BCUT2D eigenvalue weighted by Crippen LogP contribution is -2.28. The van der Waals surface area contributed by atoms with Gasteiger partial charge >= 0.3 is 11.9 Å². The minimum absolute atomic E-state index is 0.0658. The van der Waals surface area contributed by atoms with Crippen LogP contribution < -0.4 is 0 Å². The molecule has 0 saturated heterocycles. The third kappa shape index (κ3) is 50.5. The van der Waals surface area contributed by atoms with Crippen LogP contribution >= 0.6 is 0 Å². The fourth-order valence-corrected chi connectivity index (χ4v) is 7.97. The van der Waals surface area contributed by atoms with Crippen LogP contribution in [-0.2, 0) is 19.1 Å². The summed E-state index contributed by atoms with van der Waals surface area (Å²) in [6.07, 6.45) is 69.3. The van der Waals surface area contributed by atoms with Gasteiger partial charge in [0.1, 0.15) is 6.61 Å². The van der Waals surface area contributed by atoms with Gasteiger partial charge in [-0.2, -0.15) is 0 Å². The Kier molecular flexibility index (Phi) is 51.4. The van der Waals surface area contributed by atoms with Crippen LogP contribution in [0, 0.1) is 0 Å². The highest BCUT2D eigenvalue weighted by Crippen LogP contribution is 2.16. The van der Waals surface area contributed by atoms with Gasteiger partial charge < -0.3 is 14.6 Å². The van der Waals surface area contributed by atoms with E-state index < -0.39 is 6.10 Å². The van der Waals surface area contributed by atoms with Crippen LogP contribution in [0.15, 0.2) is 48.6 Å². The second-order valence-electron chi connectivity index (χ2n) is 18.3. The molecule has 0 spiro atoms. The molecule has 1 atom stereocenters. The van der Waals surface area contributed by atoms with Crippen molar-refractivity contribution in [2.24, 2.45) is 0 Å². The van der Waals surface area contributed by atoms with Gasteiger partial charge in [0.15, 0.2) is 6.10 Å². The van der Waals surface area contributed by atoms with Gasteiger partial charge in [0.2, 0.25) is 0 Å². The Balaban J connectivity index is 3.46. The Morgan fingerprint density at radius 3 is 0.984 bits per heavy atom. The van der Waals surface area contributed by atoms with Gasteiger partial charge in [-0.15, -0.1) is 0 Å². The zero-order valence-electron chi connectivity index (χ0n) is 41.4. The Bertz CT molecular complexity index is 1030. The number of aliphatic hydroxyl groups is 1. The summed E-state index contributed by atoms with van der Waals surface area (Å²) < 4.78 is 10.7. The van der Waals surface area contributed by atoms with Crippen LogP contribution in [0.3, 0.4) is 0 Å². The summed E-state index contributed by atoms with van der Waals surface area (Å²) >= 11 is 0. The second kappa shape index (κ2) is 53.2. The summed E-state index contributed by atoms with van der Waals surface area (Å²) in [5.74, 6) is -0.585. The van der Waals surface area contributed by atoms with Crippen LogP contribution in [0.1, 0.15) is 284 Å². The van der Waals surface area contributed by atoms with Gasteiger partial charge in [0, 0.05) is 12.8 Å². The van der Waals surface area contributed by atoms with Crippen molar-refractivity contribution in [3.8, 4) is 0 Å². The Morgan fingerprint density at radius 1 is 0.371 bits per heavy atom. The molecule has 5 heteroatoms. The van der Waals surface area contributed by atoms with E-state index in [1.54, 1.807) is 0 Å². The first kappa shape index (κ1) is 59.9. The number of ether oxygens (including phenoxy) is 2. The molecule has 0 aliphatic heterocycles. The van der Waals surface area contributed by atoms with Crippen LogP contribution in [0.4, 0.5) is 0 Å². The largest absolute Gasteiger partial charge is 0.462 e. The minimum atomic E-state index is -0.773. The van der Waals surface area contributed by atoms with E-state index in [1.165, 1.54) is 205 Å². The maximum absolute atomic E-state index is 12.3. The van der Waals surface area contributed by atoms with Crippen LogP contribution in [0.5, 0.6) is 0 Å². The molecule has 362 valence electrons. The van der Waals surface area contributed by atoms with Crippen molar-refractivity contribution >= 4 is 11.9 Å². The smallest absolute Gasteiger partial charge is 0.306 e.